The Kier molecular flexibility index (Phi) is 3.22. The number of carbonyl (C=O) groups is 1. The van der Waals surface area contributed by atoms with Crippen molar-refractivity contribution in [1.29, 1.82) is 0 Å². The van der Waals surface area contributed by atoms with E-state index >= 15 is 0 Å². The van der Waals surface area contributed by atoms with Crippen LogP contribution in [-0.4, -0.2) is 17.4 Å². The number of rotatable bonds is 3. The Labute approximate surface area is 75.8 Å². The molecule has 0 bridgehead atoms. The zero-order chi connectivity index (χ0) is 8.97. The summed E-state index contributed by atoms with van der Waals surface area (Å²) in [5.41, 5.74) is 0. The maximum Gasteiger partial charge on any atom is 0.262 e. The topological polar surface area (TPSA) is 42.0 Å². The number of aromatic nitrogens is 1. The third kappa shape index (κ3) is 2.04. The summed E-state index contributed by atoms with van der Waals surface area (Å²) in [6.45, 7) is 4.60. The molecular weight excluding hydrogens is 172 g/mol. The normalized spacial score (nSPS) is 9.83. The summed E-state index contributed by atoms with van der Waals surface area (Å²) in [7, 11) is 0. The summed E-state index contributed by atoms with van der Waals surface area (Å²) in [5, 5.41) is 3.74. The molecule has 0 atom stereocenters. The van der Waals surface area contributed by atoms with Gasteiger partial charge in [0.1, 0.15) is 4.88 Å². The van der Waals surface area contributed by atoms with Crippen LogP contribution < -0.4 is 5.32 Å². The molecule has 1 N–H and O–H groups in total. The molecule has 0 saturated carbocycles. The Balaban J connectivity index is 2.68. The molecule has 1 heterocycles. The van der Waals surface area contributed by atoms with Gasteiger partial charge in [-0.15, -0.1) is 11.3 Å². The minimum Gasteiger partial charge on any atom is -0.352 e. The number of nitrogens with one attached hydrogen (secondary N) is 1. The first-order valence-corrected chi connectivity index (χ1v) is 4.82. The van der Waals surface area contributed by atoms with Gasteiger partial charge < -0.3 is 5.32 Å². The van der Waals surface area contributed by atoms with E-state index in [1.807, 2.05) is 13.8 Å². The average Bonchev–Trinajstić information content (AvgIpc) is 2.52. The lowest BCUT2D eigenvalue weighted by Gasteiger charge is -1.95. The van der Waals surface area contributed by atoms with Gasteiger partial charge >= 0.3 is 0 Å². The molecule has 4 heteroatoms. The van der Waals surface area contributed by atoms with E-state index in [-0.39, 0.29) is 5.91 Å². The van der Waals surface area contributed by atoms with Crippen LogP contribution in [0.5, 0.6) is 0 Å². The minimum atomic E-state index is -0.0188. The molecule has 0 unspecified atom stereocenters. The summed E-state index contributed by atoms with van der Waals surface area (Å²) in [4.78, 5) is 16.0. The van der Waals surface area contributed by atoms with Crippen LogP contribution in [0.2, 0.25) is 0 Å². The van der Waals surface area contributed by atoms with Gasteiger partial charge in [-0.05, 0) is 13.3 Å². The standard InChI is InChI=1S/C8H12N2OS/c1-3-7-10-5-6(12-7)8(11)9-4-2/h5H,3-4H2,1-2H3,(H,9,11). The fourth-order valence-electron chi connectivity index (χ4n) is 0.826. The van der Waals surface area contributed by atoms with Gasteiger partial charge in [-0.2, -0.15) is 0 Å². The van der Waals surface area contributed by atoms with Gasteiger partial charge in [0.2, 0.25) is 0 Å². The van der Waals surface area contributed by atoms with E-state index < -0.39 is 0 Å². The highest BCUT2D eigenvalue weighted by molar-refractivity contribution is 7.13. The Morgan fingerprint density at radius 3 is 2.92 bits per heavy atom. The zero-order valence-corrected chi connectivity index (χ0v) is 8.07. The SMILES string of the molecule is CCNC(=O)c1cnc(CC)s1. The van der Waals surface area contributed by atoms with E-state index in [0.717, 1.165) is 11.4 Å². The van der Waals surface area contributed by atoms with E-state index in [1.165, 1.54) is 11.3 Å². The van der Waals surface area contributed by atoms with E-state index in [2.05, 4.69) is 10.3 Å². The Bertz CT molecular complexity index is 270. The van der Waals surface area contributed by atoms with Gasteiger partial charge in [-0.1, -0.05) is 6.92 Å². The first-order chi connectivity index (χ1) is 5.77. The van der Waals surface area contributed by atoms with Crippen molar-refractivity contribution in [2.45, 2.75) is 20.3 Å². The van der Waals surface area contributed by atoms with Crippen molar-refractivity contribution in [2.75, 3.05) is 6.54 Å². The van der Waals surface area contributed by atoms with Crippen LogP contribution >= 0.6 is 11.3 Å². The van der Waals surface area contributed by atoms with Gasteiger partial charge in [-0.3, -0.25) is 4.79 Å². The second kappa shape index (κ2) is 4.21. The molecule has 12 heavy (non-hydrogen) atoms. The maximum atomic E-state index is 11.2. The van der Waals surface area contributed by atoms with Crippen molar-refractivity contribution in [2.24, 2.45) is 0 Å². The largest absolute Gasteiger partial charge is 0.352 e. The number of carbonyl (C=O) groups excluding carboxylic acids is 1. The lowest BCUT2D eigenvalue weighted by atomic mass is 10.5. The summed E-state index contributed by atoms with van der Waals surface area (Å²) in [6, 6.07) is 0. The van der Waals surface area contributed by atoms with Crippen LogP contribution in [0.25, 0.3) is 0 Å². The predicted octanol–water partition coefficient (Wildman–Crippen LogP) is 1.46. The molecule has 0 saturated heterocycles. The number of thiazole rings is 1. The van der Waals surface area contributed by atoms with Gasteiger partial charge in [0, 0.05) is 6.54 Å². The van der Waals surface area contributed by atoms with E-state index in [0.29, 0.717) is 11.4 Å². The van der Waals surface area contributed by atoms with Crippen molar-refractivity contribution < 1.29 is 4.79 Å². The molecule has 66 valence electrons. The lowest BCUT2D eigenvalue weighted by Crippen LogP contribution is -2.21. The van der Waals surface area contributed by atoms with Gasteiger partial charge in [0.15, 0.2) is 0 Å². The summed E-state index contributed by atoms with van der Waals surface area (Å²) < 4.78 is 0. The van der Waals surface area contributed by atoms with Gasteiger partial charge in [-0.25, -0.2) is 4.98 Å². The van der Waals surface area contributed by atoms with Crippen molar-refractivity contribution in [3.05, 3.63) is 16.1 Å². The van der Waals surface area contributed by atoms with Crippen LogP contribution in [-0.2, 0) is 6.42 Å². The number of amides is 1. The van der Waals surface area contributed by atoms with Crippen molar-refractivity contribution in [3.8, 4) is 0 Å². The highest BCUT2D eigenvalue weighted by Crippen LogP contribution is 2.12. The highest BCUT2D eigenvalue weighted by Gasteiger charge is 2.07. The first kappa shape index (κ1) is 9.19. The van der Waals surface area contributed by atoms with Crippen LogP contribution in [0.1, 0.15) is 28.5 Å². The Morgan fingerprint density at radius 2 is 2.42 bits per heavy atom. The first-order valence-electron chi connectivity index (χ1n) is 4.00. The molecule has 1 rings (SSSR count). The van der Waals surface area contributed by atoms with Crippen molar-refractivity contribution in [3.63, 3.8) is 0 Å². The fourth-order valence-corrected chi connectivity index (χ4v) is 1.60. The predicted molar refractivity (Wildman–Crippen MR) is 49.5 cm³/mol. The summed E-state index contributed by atoms with van der Waals surface area (Å²) in [5.74, 6) is -0.0188. The molecule has 0 radical (unpaired) electrons. The molecule has 0 spiro atoms. The molecule has 1 aromatic rings. The number of aryl methyl sites for hydroxylation is 1. The summed E-state index contributed by atoms with van der Waals surface area (Å²) >= 11 is 1.46. The molecular formula is C8H12N2OS. The van der Waals surface area contributed by atoms with E-state index in [9.17, 15) is 4.79 Å². The van der Waals surface area contributed by atoms with Gasteiger partial charge in [0.25, 0.3) is 5.91 Å². The molecule has 3 nitrogen and oxygen atoms in total. The van der Waals surface area contributed by atoms with E-state index in [1.54, 1.807) is 6.20 Å². The second-order valence-corrected chi connectivity index (χ2v) is 3.45. The number of hydrogen-bond donors (Lipinski definition) is 1. The second-order valence-electron chi connectivity index (χ2n) is 2.33. The minimum absolute atomic E-state index is 0.0188. The molecule has 0 aliphatic rings. The fraction of sp³-hybridized carbons (Fsp3) is 0.500. The Morgan fingerprint density at radius 1 is 1.67 bits per heavy atom. The molecule has 1 aromatic heterocycles. The quantitative estimate of drug-likeness (QED) is 0.772. The third-order valence-electron chi connectivity index (χ3n) is 1.42. The number of hydrogen-bond acceptors (Lipinski definition) is 3. The molecule has 0 aliphatic carbocycles. The van der Waals surface area contributed by atoms with Crippen LogP contribution in [0.3, 0.4) is 0 Å². The van der Waals surface area contributed by atoms with Crippen LogP contribution in [0.4, 0.5) is 0 Å². The zero-order valence-electron chi connectivity index (χ0n) is 7.26. The monoisotopic (exact) mass is 184 g/mol. The van der Waals surface area contributed by atoms with Gasteiger partial charge in [0.05, 0.1) is 11.2 Å². The number of nitrogens with zero attached hydrogens (tertiary/aromatic N) is 1. The molecule has 1 amide bonds. The molecule has 0 aliphatic heterocycles. The van der Waals surface area contributed by atoms with Crippen molar-refractivity contribution >= 4 is 17.2 Å². The molecule has 0 aromatic carbocycles. The lowest BCUT2D eigenvalue weighted by molar-refractivity contribution is 0.0959. The van der Waals surface area contributed by atoms with Crippen LogP contribution in [0, 0.1) is 0 Å². The van der Waals surface area contributed by atoms with Crippen LogP contribution in [0.15, 0.2) is 6.20 Å². The Hall–Kier alpha value is -0.900. The summed E-state index contributed by atoms with van der Waals surface area (Å²) in [6.07, 6.45) is 2.53. The average molecular weight is 184 g/mol. The highest BCUT2D eigenvalue weighted by atomic mass is 32.1. The third-order valence-corrected chi connectivity index (χ3v) is 2.56. The smallest absolute Gasteiger partial charge is 0.262 e. The molecule has 0 fully saturated rings. The van der Waals surface area contributed by atoms with Crippen molar-refractivity contribution in [1.82, 2.24) is 10.3 Å². The van der Waals surface area contributed by atoms with E-state index in [4.69, 9.17) is 0 Å². The maximum absolute atomic E-state index is 11.2.